The van der Waals surface area contributed by atoms with Gasteiger partial charge in [-0.05, 0) is 44.2 Å². The maximum Gasteiger partial charge on any atom is 0.234 e. The van der Waals surface area contributed by atoms with Gasteiger partial charge in [0.25, 0.3) is 0 Å². The third-order valence-electron chi connectivity index (χ3n) is 5.51. The fourth-order valence-corrected chi connectivity index (χ4v) is 4.86. The summed E-state index contributed by atoms with van der Waals surface area (Å²) in [5.74, 6) is 0.289. The van der Waals surface area contributed by atoms with E-state index in [1.54, 1.807) is 0 Å². The van der Waals surface area contributed by atoms with Gasteiger partial charge >= 0.3 is 0 Å². The molecule has 0 unspecified atom stereocenters. The van der Waals surface area contributed by atoms with Crippen LogP contribution in [-0.4, -0.2) is 53.1 Å². The number of likely N-dealkylation sites (tertiary alicyclic amines) is 1. The van der Waals surface area contributed by atoms with Gasteiger partial charge in [0.15, 0.2) is 5.66 Å². The first-order chi connectivity index (χ1) is 14.4. The van der Waals surface area contributed by atoms with Gasteiger partial charge in [-0.3, -0.25) is 9.79 Å². The lowest BCUT2D eigenvalue weighted by Gasteiger charge is -2.33. The van der Waals surface area contributed by atoms with Gasteiger partial charge in [-0.15, -0.1) is 0 Å². The maximum atomic E-state index is 12.6. The van der Waals surface area contributed by atoms with E-state index in [0.717, 1.165) is 59.1 Å². The highest BCUT2D eigenvalue weighted by molar-refractivity contribution is 8.16. The van der Waals surface area contributed by atoms with Gasteiger partial charge in [0, 0.05) is 37.2 Å². The Bertz CT molecular complexity index is 971. The van der Waals surface area contributed by atoms with Crippen LogP contribution in [0, 0.1) is 13.8 Å². The van der Waals surface area contributed by atoms with E-state index in [1.807, 2.05) is 44.2 Å². The molecule has 2 aliphatic rings. The Balaban J connectivity index is 1.49. The number of carbonyl (C=O) groups is 1. The Morgan fingerprint density at radius 1 is 1.07 bits per heavy atom. The Morgan fingerprint density at radius 3 is 2.40 bits per heavy atom. The number of thioether (sulfide) groups is 1. The number of hydrogen-bond acceptors (Lipinski definition) is 5. The molecule has 0 radical (unpaired) electrons. The number of aryl methyl sites for hydroxylation is 2. The van der Waals surface area contributed by atoms with Crippen LogP contribution < -0.4 is 5.32 Å². The Kier molecular flexibility index (Phi) is 6.06. The van der Waals surface area contributed by atoms with E-state index in [2.05, 4.69) is 35.5 Å². The van der Waals surface area contributed by atoms with E-state index in [0.29, 0.717) is 5.75 Å². The standard InChI is InChI=1S/C24H28N4OS/c1-17-13-18(2)15-20(14-17)25-21(29)16-30-23-22(19-7-5-4-6-8-19)26-24(27-23)9-11-28(3)12-10-24/h4-8,13-15H,9-12,16H2,1-3H3,(H,25,29). The predicted octanol–water partition coefficient (Wildman–Crippen LogP) is 4.30. The number of amides is 1. The molecule has 30 heavy (non-hydrogen) atoms. The van der Waals surface area contributed by atoms with Gasteiger partial charge in [0.2, 0.25) is 5.91 Å². The summed E-state index contributed by atoms with van der Waals surface area (Å²) in [5, 5.41) is 3.89. The second-order valence-electron chi connectivity index (χ2n) is 8.24. The van der Waals surface area contributed by atoms with E-state index in [-0.39, 0.29) is 11.6 Å². The summed E-state index contributed by atoms with van der Waals surface area (Å²) >= 11 is 1.48. The average molecular weight is 421 g/mol. The van der Waals surface area contributed by atoms with Crippen molar-refractivity contribution in [2.45, 2.75) is 32.4 Å². The molecule has 5 nitrogen and oxygen atoms in total. The molecule has 4 rings (SSSR count). The van der Waals surface area contributed by atoms with Crippen molar-refractivity contribution in [1.29, 1.82) is 0 Å². The highest BCUT2D eigenvalue weighted by atomic mass is 32.2. The lowest BCUT2D eigenvalue weighted by Crippen LogP contribution is -2.39. The highest BCUT2D eigenvalue weighted by Gasteiger charge is 2.39. The van der Waals surface area contributed by atoms with Crippen molar-refractivity contribution in [3.8, 4) is 0 Å². The fourth-order valence-electron chi connectivity index (χ4n) is 3.99. The number of anilines is 1. The van der Waals surface area contributed by atoms with Crippen LogP contribution in [0.5, 0.6) is 0 Å². The summed E-state index contributed by atoms with van der Waals surface area (Å²) in [6.45, 7) is 6.04. The van der Waals surface area contributed by atoms with Crippen molar-refractivity contribution in [3.05, 3.63) is 65.2 Å². The van der Waals surface area contributed by atoms with Crippen LogP contribution in [0.25, 0.3) is 0 Å². The van der Waals surface area contributed by atoms with Crippen molar-refractivity contribution in [3.63, 3.8) is 0 Å². The molecule has 1 saturated heterocycles. The monoisotopic (exact) mass is 420 g/mol. The largest absolute Gasteiger partial charge is 0.325 e. The SMILES string of the molecule is Cc1cc(C)cc(NC(=O)CSC2=NC3(CCN(C)CC3)N=C2c2ccccc2)c1. The fraction of sp³-hybridized carbons (Fsp3) is 0.375. The third-order valence-corrected chi connectivity index (χ3v) is 6.48. The number of piperidine rings is 1. The molecule has 1 amide bonds. The van der Waals surface area contributed by atoms with Crippen molar-refractivity contribution < 1.29 is 4.79 Å². The number of carbonyl (C=O) groups excluding carboxylic acids is 1. The molecule has 6 heteroatoms. The molecule has 1 N–H and O–H groups in total. The van der Waals surface area contributed by atoms with Gasteiger partial charge in [0.05, 0.1) is 11.5 Å². The van der Waals surface area contributed by atoms with Crippen LogP contribution in [0.4, 0.5) is 5.69 Å². The molecular weight excluding hydrogens is 392 g/mol. The smallest absolute Gasteiger partial charge is 0.234 e. The quantitative estimate of drug-likeness (QED) is 0.802. The number of nitrogens with one attached hydrogen (secondary N) is 1. The Morgan fingerprint density at radius 2 is 1.73 bits per heavy atom. The molecule has 156 valence electrons. The van der Waals surface area contributed by atoms with Crippen molar-refractivity contribution >= 4 is 34.1 Å². The topological polar surface area (TPSA) is 57.1 Å². The van der Waals surface area contributed by atoms with Crippen LogP contribution in [0.3, 0.4) is 0 Å². The zero-order valence-corrected chi connectivity index (χ0v) is 18.6. The third kappa shape index (κ3) is 4.82. The normalized spacial score (nSPS) is 18.2. The van der Waals surface area contributed by atoms with Gasteiger partial charge < -0.3 is 10.2 Å². The number of aliphatic imine (C=N–C) groups is 2. The highest BCUT2D eigenvalue weighted by Crippen LogP contribution is 2.35. The molecule has 1 spiro atoms. The molecule has 1 fully saturated rings. The first kappa shape index (κ1) is 20.8. The first-order valence-electron chi connectivity index (χ1n) is 10.4. The average Bonchev–Trinajstić information content (AvgIpc) is 3.07. The summed E-state index contributed by atoms with van der Waals surface area (Å²) in [4.78, 5) is 25.1. The number of hydrogen-bond donors (Lipinski definition) is 1. The van der Waals surface area contributed by atoms with Crippen LogP contribution in [0.2, 0.25) is 0 Å². The van der Waals surface area contributed by atoms with Crippen LogP contribution in [0.15, 0.2) is 58.5 Å². The lowest BCUT2D eigenvalue weighted by molar-refractivity contribution is -0.113. The molecule has 2 aromatic rings. The molecule has 2 aliphatic heterocycles. The summed E-state index contributed by atoms with van der Waals surface area (Å²) in [7, 11) is 2.14. The van der Waals surface area contributed by atoms with Crippen LogP contribution >= 0.6 is 11.8 Å². The molecular formula is C24H28N4OS. The first-order valence-corrected chi connectivity index (χ1v) is 11.4. The lowest BCUT2D eigenvalue weighted by atomic mass is 9.99. The van der Waals surface area contributed by atoms with Gasteiger partial charge in [-0.25, -0.2) is 4.99 Å². The van der Waals surface area contributed by atoms with E-state index < -0.39 is 0 Å². The molecule has 2 heterocycles. The second kappa shape index (κ2) is 8.74. The second-order valence-corrected chi connectivity index (χ2v) is 9.21. The van der Waals surface area contributed by atoms with E-state index >= 15 is 0 Å². The number of benzene rings is 2. The van der Waals surface area contributed by atoms with E-state index in [1.165, 1.54) is 11.8 Å². The summed E-state index contributed by atoms with van der Waals surface area (Å²) in [5.41, 5.74) is 4.74. The van der Waals surface area contributed by atoms with Crippen LogP contribution in [-0.2, 0) is 4.79 Å². The van der Waals surface area contributed by atoms with Crippen molar-refractivity contribution in [1.82, 2.24) is 4.90 Å². The summed E-state index contributed by atoms with van der Waals surface area (Å²) in [6.07, 6.45) is 1.83. The molecule has 0 bridgehead atoms. The molecule has 0 aliphatic carbocycles. The van der Waals surface area contributed by atoms with Gasteiger partial charge in [-0.1, -0.05) is 48.2 Å². The van der Waals surface area contributed by atoms with Gasteiger partial charge in [-0.2, -0.15) is 0 Å². The molecule has 0 saturated carbocycles. The zero-order valence-electron chi connectivity index (χ0n) is 17.8. The minimum Gasteiger partial charge on any atom is -0.325 e. The zero-order chi connectivity index (χ0) is 21.1. The van der Waals surface area contributed by atoms with E-state index in [4.69, 9.17) is 9.98 Å². The summed E-state index contributed by atoms with van der Waals surface area (Å²) in [6, 6.07) is 16.3. The number of rotatable bonds is 4. The van der Waals surface area contributed by atoms with Crippen molar-refractivity contribution in [2.75, 3.05) is 31.2 Å². The molecule has 0 aromatic heterocycles. The van der Waals surface area contributed by atoms with Crippen LogP contribution in [0.1, 0.15) is 29.5 Å². The Labute approximate surface area is 182 Å². The Hall–Kier alpha value is -2.44. The maximum absolute atomic E-state index is 12.6. The minimum atomic E-state index is -0.371. The molecule has 0 atom stereocenters. The van der Waals surface area contributed by atoms with E-state index in [9.17, 15) is 4.79 Å². The van der Waals surface area contributed by atoms with Gasteiger partial charge in [0.1, 0.15) is 5.04 Å². The molecule has 2 aromatic carbocycles. The predicted molar refractivity (Wildman–Crippen MR) is 127 cm³/mol. The number of nitrogens with zero attached hydrogens (tertiary/aromatic N) is 3. The van der Waals surface area contributed by atoms with Crippen molar-refractivity contribution in [2.24, 2.45) is 9.98 Å². The summed E-state index contributed by atoms with van der Waals surface area (Å²) < 4.78 is 0. The minimum absolute atomic E-state index is 0.0237.